The highest BCUT2D eigenvalue weighted by atomic mass is 35.5. The van der Waals surface area contributed by atoms with Crippen LogP contribution in [-0.2, 0) is 11.3 Å². The van der Waals surface area contributed by atoms with Crippen LogP contribution in [0.3, 0.4) is 0 Å². The molecule has 0 aliphatic rings. The van der Waals surface area contributed by atoms with Gasteiger partial charge < -0.3 is 14.4 Å². The van der Waals surface area contributed by atoms with Gasteiger partial charge in [0, 0.05) is 19.0 Å². The van der Waals surface area contributed by atoms with Gasteiger partial charge >= 0.3 is 5.97 Å². The van der Waals surface area contributed by atoms with E-state index < -0.39 is 5.97 Å². The predicted octanol–water partition coefficient (Wildman–Crippen LogP) is 3.76. The molecule has 0 saturated carbocycles. The molecule has 4 nitrogen and oxygen atoms in total. The number of carboxylic acid groups (broad SMARTS) is 1. The van der Waals surface area contributed by atoms with Crippen molar-refractivity contribution in [2.24, 2.45) is 0 Å². The molecule has 1 N–H and O–H groups in total. The molecule has 0 amide bonds. The molecule has 0 unspecified atom stereocenters. The Balaban J connectivity index is 2.69. The molecule has 0 atom stereocenters. The third-order valence-corrected chi connectivity index (χ3v) is 3.82. The van der Waals surface area contributed by atoms with Crippen molar-refractivity contribution in [3.63, 3.8) is 0 Å². The Bertz CT molecular complexity index is 646. The molecule has 0 aliphatic carbocycles. The summed E-state index contributed by atoms with van der Waals surface area (Å²) in [4.78, 5) is 11.5. The van der Waals surface area contributed by atoms with Crippen LogP contribution < -0.4 is 0 Å². The molecular weight excluding hydrogens is 278 g/mol. The number of carboxylic acids is 1. The minimum absolute atomic E-state index is 0.167. The standard InChI is InChI=1S/C15H18ClNO3/c1-9(2)10-4-5-12-11(8-10)13(15(18)19)14(16)17(12)6-7-20-3/h4-5,8-9H,6-7H2,1-3H3,(H,18,19). The van der Waals surface area contributed by atoms with E-state index in [1.807, 2.05) is 18.2 Å². The number of benzene rings is 1. The third kappa shape index (κ3) is 2.53. The molecule has 0 saturated heterocycles. The Morgan fingerprint density at radius 1 is 1.45 bits per heavy atom. The molecule has 5 heteroatoms. The van der Waals surface area contributed by atoms with Crippen LogP contribution in [0.2, 0.25) is 5.15 Å². The van der Waals surface area contributed by atoms with Crippen molar-refractivity contribution in [2.75, 3.05) is 13.7 Å². The van der Waals surface area contributed by atoms with E-state index in [0.717, 1.165) is 11.1 Å². The highest BCUT2D eigenvalue weighted by Crippen LogP contribution is 2.32. The van der Waals surface area contributed by atoms with E-state index in [9.17, 15) is 9.90 Å². The molecule has 2 rings (SSSR count). The van der Waals surface area contributed by atoms with Crippen LogP contribution in [0.15, 0.2) is 18.2 Å². The van der Waals surface area contributed by atoms with Crippen molar-refractivity contribution in [1.82, 2.24) is 4.57 Å². The van der Waals surface area contributed by atoms with Crippen molar-refractivity contribution in [1.29, 1.82) is 0 Å². The fourth-order valence-electron chi connectivity index (χ4n) is 2.30. The Kier molecular flexibility index (Phi) is 4.35. The van der Waals surface area contributed by atoms with Crippen LogP contribution in [0, 0.1) is 0 Å². The lowest BCUT2D eigenvalue weighted by molar-refractivity contribution is 0.0699. The van der Waals surface area contributed by atoms with Crippen molar-refractivity contribution in [2.45, 2.75) is 26.3 Å². The average molecular weight is 296 g/mol. The van der Waals surface area contributed by atoms with Crippen LogP contribution in [0.4, 0.5) is 0 Å². The van der Waals surface area contributed by atoms with E-state index in [0.29, 0.717) is 24.5 Å². The molecule has 0 fully saturated rings. The number of hydrogen-bond acceptors (Lipinski definition) is 2. The molecule has 0 radical (unpaired) electrons. The van der Waals surface area contributed by atoms with E-state index in [1.54, 1.807) is 11.7 Å². The molecule has 0 spiro atoms. The van der Waals surface area contributed by atoms with E-state index >= 15 is 0 Å². The van der Waals surface area contributed by atoms with Crippen LogP contribution in [0.5, 0.6) is 0 Å². The minimum Gasteiger partial charge on any atom is -0.478 e. The van der Waals surface area contributed by atoms with E-state index in [1.165, 1.54) is 0 Å². The lowest BCUT2D eigenvalue weighted by Gasteiger charge is -2.08. The smallest absolute Gasteiger partial charge is 0.339 e. The van der Waals surface area contributed by atoms with Crippen molar-refractivity contribution in [3.05, 3.63) is 34.5 Å². The predicted molar refractivity (Wildman–Crippen MR) is 79.9 cm³/mol. The van der Waals surface area contributed by atoms with E-state index in [2.05, 4.69) is 13.8 Å². The summed E-state index contributed by atoms with van der Waals surface area (Å²) in [6.07, 6.45) is 0. The Morgan fingerprint density at radius 3 is 2.70 bits per heavy atom. The Hall–Kier alpha value is -1.52. The molecule has 0 bridgehead atoms. The second-order valence-corrected chi connectivity index (χ2v) is 5.40. The van der Waals surface area contributed by atoms with Crippen molar-refractivity contribution < 1.29 is 14.6 Å². The van der Waals surface area contributed by atoms with Gasteiger partial charge in [-0.2, -0.15) is 0 Å². The number of carbonyl (C=O) groups is 1. The number of rotatable bonds is 5. The molecule has 2 aromatic rings. The molecule has 20 heavy (non-hydrogen) atoms. The van der Waals surface area contributed by atoms with Crippen LogP contribution in [0.1, 0.15) is 35.7 Å². The first-order valence-electron chi connectivity index (χ1n) is 6.51. The fourth-order valence-corrected chi connectivity index (χ4v) is 2.66. The maximum absolute atomic E-state index is 11.5. The quantitative estimate of drug-likeness (QED) is 0.913. The normalized spacial score (nSPS) is 11.4. The summed E-state index contributed by atoms with van der Waals surface area (Å²) in [6.45, 7) is 5.16. The number of nitrogens with zero attached hydrogens (tertiary/aromatic N) is 1. The van der Waals surface area contributed by atoms with Gasteiger partial charge in [-0.25, -0.2) is 4.79 Å². The summed E-state index contributed by atoms with van der Waals surface area (Å²) in [5.41, 5.74) is 2.09. The van der Waals surface area contributed by atoms with E-state index in [4.69, 9.17) is 16.3 Å². The summed E-state index contributed by atoms with van der Waals surface area (Å²) >= 11 is 6.24. The number of fused-ring (bicyclic) bond motifs is 1. The molecule has 0 aliphatic heterocycles. The highest BCUT2D eigenvalue weighted by Gasteiger charge is 2.21. The summed E-state index contributed by atoms with van der Waals surface area (Å²) < 4.78 is 6.84. The summed E-state index contributed by atoms with van der Waals surface area (Å²) in [5.74, 6) is -0.667. The first kappa shape index (κ1) is 14.9. The highest BCUT2D eigenvalue weighted by molar-refractivity contribution is 6.35. The van der Waals surface area contributed by atoms with Crippen LogP contribution in [0.25, 0.3) is 10.9 Å². The zero-order valence-corrected chi connectivity index (χ0v) is 12.6. The number of halogens is 1. The number of aromatic nitrogens is 1. The van der Waals surface area contributed by atoms with Crippen LogP contribution in [-0.4, -0.2) is 29.4 Å². The van der Waals surface area contributed by atoms with Crippen molar-refractivity contribution >= 4 is 28.5 Å². The van der Waals surface area contributed by atoms with Gasteiger partial charge in [0.25, 0.3) is 0 Å². The topological polar surface area (TPSA) is 51.5 Å². The average Bonchev–Trinajstić information content (AvgIpc) is 2.67. The Labute approximate surface area is 122 Å². The SMILES string of the molecule is COCCn1c(Cl)c(C(=O)O)c2cc(C(C)C)ccc21. The first-order chi connectivity index (χ1) is 9.47. The van der Waals surface area contributed by atoms with Gasteiger partial charge in [0.1, 0.15) is 10.7 Å². The van der Waals surface area contributed by atoms with Crippen LogP contribution >= 0.6 is 11.6 Å². The zero-order chi connectivity index (χ0) is 14.9. The van der Waals surface area contributed by atoms with Crippen molar-refractivity contribution in [3.8, 4) is 0 Å². The zero-order valence-electron chi connectivity index (χ0n) is 11.8. The lowest BCUT2D eigenvalue weighted by atomic mass is 10.0. The van der Waals surface area contributed by atoms with Gasteiger partial charge in [0.2, 0.25) is 0 Å². The summed E-state index contributed by atoms with van der Waals surface area (Å²) in [5, 5.41) is 10.3. The molecule has 108 valence electrons. The third-order valence-electron chi connectivity index (χ3n) is 3.42. The molecular formula is C15H18ClNO3. The molecule has 1 heterocycles. The van der Waals surface area contributed by atoms with Gasteiger partial charge in [-0.15, -0.1) is 0 Å². The number of ether oxygens (including phenoxy) is 1. The largest absolute Gasteiger partial charge is 0.478 e. The Morgan fingerprint density at radius 2 is 2.15 bits per heavy atom. The van der Waals surface area contributed by atoms with Gasteiger partial charge in [-0.1, -0.05) is 31.5 Å². The minimum atomic E-state index is -1.00. The van der Waals surface area contributed by atoms with E-state index in [-0.39, 0.29) is 10.7 Å². The van der Waals surface area contributed by atoms with Gasteiger partial charge in [0.15, 0.2) is 0 Å². The number of aromatic carboxylic acids is 1. The summed E-state index contributed by atoms with van der Waals surface area (Å²) in [7, 11) is 1.61. The monoisotopic (exact) mass is 295 g/mol. The fraction of sp³-hybridized carbons (Fsp3) is 0.400. The second kappa shape index (κ2) is 5.85. The molecule has 1 aromatic carbocycles. The van der Waals surface area contributed by atoms with Gasteiger partial charge in [-0.3, -0.25) is 0 Å². The summed E-state index contributed by atoms with van der Waals surface area (Å²) in [6, 6.07) is 5.86. The lowest BCUT2D eigenvalue weighted by Crippen LogP contribution is -2.05. The number of hydrogen-bond donors (Lipinski definition) is 1. The van der Waals surface area contributed by atoms with Gasteiger partial charge in [0.05, 0.1) is 12.1 Å². The first-order valence-corrected chi connectivity index (χ1v) is 6.89. The maximum Gasteiger partial charge on any atom is 0.339 e. The number of methoxy groups -OCH3 is 1. The second-order valence-electron chi connectivity index (χ2n) is 5.05. The maximum atomic E-state index is 11.5. The van der Waals surface area contributed by atoms with Gasteiger partial charge in [-0.05, 0) is 23.6 Å². The molecule has 1 aromatic heterocycles.